The lowest BCUT2D eigenvalue weighted by molar-refractivity contribution is 0.0939. The first-order valence-corrected chi connectivity index (χ1v) is 16.4. The number of anilines is 1. The summed E-state index contributed by atoms with van der Waals surface area (Å²) >= 11 is 1.86. The predicted molar refractivity (Wildman–Crippen MR) is 178 cm³/mol. The van der Waals surface area contributed by atoms with Gasteiger partial charge in [0.1, 0.15) is 0 Å². The van der Waals surface area contributed by atoms with E-state index < -0.39 is 0 Å². The van der Waals surface area contributed by atoms with Gasteiger partial charge in [-0.1, -0.05) is 65.3 Å². The number of carbonyl (C=O) groups is 1. The summed E-state index contributed by atoms with van der Waals surface area (Å²) in [6.45, 7) is 17.8. The molecule has 6 heteroatoms. The van der Waals surface area contributed by atoms with Crippen molar-refractivity contribution < 1.29 is 4.79 Å². The fraction of sp³-hybridized carbons (Fsp3) is 0.514. The minimum absolute atomic E-state index is 0.0376. The van der Waals surface area contributed by atoms with E-state index >= 15 is 0 Å². The van der Waals surface area contributed by atoms with Crippen LogP contribution in [0, 0.1) is 12.8 Å². The summed E-state index contributed by atoms with van der Waals surface area (Å²) in [6, 6.07) is 20.0. The van der Waals surface area contributed by atoms with E-state index in [9.17, 15) is 4.79 Å². The van der Waals surface area contributed by atoms with Gasteiger partial charge in [0.2, 0.25) is 0 Å². The number of hydrogen-bond donors (Lipinski definition) is 4. The van der Waals surface area contributed by atoms with Crippen LogP contribution in [0.25, 0.3) is 10.4 Å². The quantitative estimate of drug-likeness (QED) is 0.156. The molecule has 41 heavy (non-hydrogen) atoms. The van der Waals surface area contributed by atoms with Crippen molar-refractivity contribution in [2.24, 2.45) is 5.92 Å². The zero-order valence-electron chi connectivity index (χ0n) is 26.3. The van der Waals surface area contributed by atoms with Gasteiger partial charge in [-0.3, -0.25) is 4.79 Å². The Kier molecular flexibility index (Phi) is 13.4. The first kappa shape index (κ1) is 32.8. The molecule has 0 radical (unpaired) electrons. The Bertz CT molecular complexity index is 1220. The lowest BCUT2D eigenvalue weighted by atomic mass is 10.0. The van der Waals surface area contributed by atoms with E-state index in [0.29, 0.717) is 12.1 Å². The molecule has 2 heterocycles. The topological polar surface area (TPSA) is 65.2 Å². The normalized spacial score (nSPS) is 14.5. The summed E-state index contributed by atoms with van der Waals surface area (Å²) in [5.74, 6) is 0.712. The Morgan fingerprint density at radius 2 is 1.78 bits per heavy atom. The summed E-state index contributed by atoms with van der Waals surface area (Å²) in [5.41, 5.74) is 5.01. The van der Waals surface area contributed by atoms with Crippen LogP contribution in [0.5, 0.6) is 0 Å². The van der Waals surface area contributed by atoms with Crippen LogP contribution in [0.4, 0.5) is 5.69 Å². The van der Waals surface area contributed by atoms with E-state index in [1.807, 2.05) is 44.2 Å². The Morgan fingerprint density at radius 1 is 1.00 bits per heavy atom. The fourth-order valence-corrected chi connectivity index (χ4v) is 5.96. The van der Waals surface area contributed by atoms with Crippen molar-refractivity contribution in [3.8, 4) is 10.4 Å². The molecule has 0 aliphatic carbocycles. The highest BCUT2D eigenvalue weighted by Gasteiger charge is 2.19. The van der Waals surface area contributed by atoms with Crippen LogP contribution in [0.15, 0.2) is 54.6 Å². The molecule has 2 atom stereocenters. The van der Waals surface area contributed by atoms with Crippen molar-refractivity contribution in [3.63, 3.8) is 0 Å². The van der Waals surface area contributed by atoms with Crippen LogP contribution in [0.2, 0.25) is 0 Å². The molecule has 1 fully saturated rings. The third-order valence-corrected chi connectivity index (χ3v) is 8.74. The number of aryl methyl sites for hydroxylation is 1. The van der Waals surface area contributed by atoms with E-state index in [2.05, 4.69) is 91.4 Å². The van der Waals surface area contributed by atoms with Crippen LogP contribution in [0.3, 0.4) is 0 Å². The molecule has 0 saturated carbocycles. The lowest BCUT2D eigenvalue weighted by Gasteiger charge is -2.29. The average molecular weight is 577 g/mol. The largest absolute Gasteiger partial charge is 0.380 e. The van der Waals surface area contributed by atoms with Gasteiger partial charge < -0.3 is 21.3 Å². The summed E-state index contributed by atoms with van der Waals surface area (Å²) < 4.78 is 0. The number of thiophene rings is 1. The van der Waals surface area contributed by atoms with Crippen molar-refractivity contribution in [1.29, 1.82) is 0 Å². The molecule has 1 aliphatic rings. The molecule has 1 aromatic heterocycles. The molecule has 2 aromatic carbocycles. The summed E-state index contributed by atoms with van der Waals surface area (Å²) in [6.07, 6.45) is 4.96. The molecule has 4 rings (SSSR count). The van der Waals surface area contributed by atoms with E-state index in [1.54, 1.807) is 0 Å². The van der Waals surface area contributed by atoms with Gasteiger partial charge in [-0.05, 0) is 86.1 Å². The predicted octanol–water partition coefficient (Wildman–Crippen LogP) is 8.32. The highest BCUT2D eigenvalue weighted by atomic mass is 32.1. The average Bonchev–Trinajstić information content (AvgIpc) is 3.43. The van der Waals surface area contributed by atoms with Crippen molar-refractivity contribution in [3.05, 3.63) is 76.2 Å². The molecular weight excluding hydrogens is 524 g/mol. The van der Waals surface area contributed by atoms with Crippen LogP contribution in [0.1, 0.15) is 99.6 Å². The van der Waals surface area contributed by atoms with E-state index in [1.165, 1.54) is 41.0 Å². The zero-order valence-corrected chi connectivity index (χ0v) is 27.1. The Morgan fingerprint density at radius 3 is 2.46 bits per heavy atom. The maximum atomic E-state index is 13.2. The SMILES string of the molecule is CC.CCCC(CCC(C)C)NCc1ccc(-c2cccc(C(C)NC(=O)c3cc(NC4CNC4)ccc3C)c2)s1. The highest BCUT2D eigenvalue weighted by Crippen LogP contribution is 2.30. The summed E-state index contributed by atoms with van der Waals surface area (Å²) in [7, 11) is 0. The second kappa shape index (κ2) is 16.7. The van der Waals surface area contributed by atoms with Gasteiger partial charge in [0.15, 0.2) is 0 Å². The molecule has 5 nitrogen and oxygen atoms in total. The molecule has 1 amide bonds. The molecule has 0 spiro atoms. The minimum atomic E-state index is -0.0962. The van der Waals surface area contributed by atoms with Crippen molar-refractivity contribution >= 4 is 22.9 Å². The van der Waals surface area contributed by atoms with E-state index in [4.69, 9.17) is 0 Å². The monoisotopic (exact) mass is 576 g/mol. The van der Waals surface area contributed by atoms with Crippen LogP contribution < -0.4 is 21.3 Å². The van der Waals surface area contributed by atoms with Gasteiger partial charge in [-0.15, -0.1) is 11.3 Å². The molecule has 1 aliphatic heterocycles. The minimum Gasteiger partial charge on any atom is -0.380 e. The smallest absolute Gasteiger partial charge is 0.252 e. The number of rotatable bonds is 14. The Labute approximate surface area is 252 Å². The number of hydrogen-bond acceptors (Lipinski definition) is 5. The molecule has 2 unspecified atom stereocenters. The molecule has 3 aromatic rings. The number of benzene rings is 2. The van der Waals surface area contributed by atoms with Gasteiger partial charge >= 0.3 is 0 Å². The molecule has 0 bridgehead atoms. The first-order chi connectivity index (χ1) is 19.8. The zero-order chi connectivity index (χ0) is 29.8. The van der Waals surface area contributed by atoms with Gasteiger partial charge in [-0.25, -0.2) is 0 Å². The van der Waals surface area contributed by atoms with Crippen LogP contribution in [-0.4, -0.2) is 31.1 Å². The van der Waals surface area contributed by atoms with Crippen molar-refractivity contribution in [2.45, 2.75) is 98.8 Å². The second-order valence-corrected chi connectivity index (χ2v) is 12.6. The lowest BCUT2D eigenvalue weighted by Crippen LogP contribution is -2.51. The number of amides is 1. The second-order valence-electron chi connectivity index (χ2n) is 11.5. The fourth-order valence-electron chi connectivity index (χ4n) is 5.01. The standard InChI is InChI=1S/C33H46N4OS.C2H6/c1-6-8-27(13-11-22(2)3)35-21-30-15-16-32(39-30)26-10-7-9-25(17-26)24(5)36-33(38)31-18-28(14-12-23(31)4)37-29-19-34-20-29;1-2/h7,9-10,12,14-18,22,24,27,29,34-35,37H,6,8,11,13,19-21H2,1-5H3,(H,36,38);1-2H3. The van der Waals surface area contributed by atoms with Crippen LogP contribution >= 0.6 is 11.3 Å². The third kappa shape index (κ3) is 9.98. The first-order valence-electron chi connectivity index (χ1n) is 15.6. The third-order valence-electron chi connectivity index (χ3n) is 7.61. The molecule has 4 N–H and O–H groups in total. The molecule has 1 saturated heterocycles. The molecule has 224 valence electrons. The summed E-state index contributed by atoms with van der Waals surface area (Å²) in [4.78, 5) is 15.9. The van der Waals surface area contributed by atoms with E-state index in [0.717, 1.165) is 47.9 Å². The van der Waals surface area contributed by atoms with Gasteiger partial charge in [-0.2, -0.15) is 0 Å². The Hall–Kier alpha value is -2.67. The van der Waals surface area contributed by atoms with Crippen LogP contribution in [-0.2, 0) is 6.54 Å². The van der Waals surface area contributed by atoms with Gasteiger partial charge in [0.05, 0.1) is 12.1 Å². The number of carbonyl (C=O) groups excluding carboxylic acids is 1. The number of nitrogens with one attached hydrogen (secondary N) is 4. The maximum absolute atomic E-state index is 13.2. The molecular formula is C35H52N4OS. The van der Waals surface area contributed by atoms with Gasteiger partial charge in [0, 0.05) is 46.7 Å². The van der Waals surface area contributed by atoms with E-state index in [-0.39, 0.29) is 11.9 Å². The Balaban J connectivity index is 0.00000226. The maximum Gasteiger partial charge on any atom is 0.252 e. The van der Waals surface area contributed by atoms with Crippen molar-refractivity contribution in [1.82, 2.24) is 16.0 Å². The van der Waals surface area contributed by atoms with Gasteiger partial charge in [0.25, 0.3) is 5.91 Å². The summed E-state index contributed by atoms with van der Waals surface area (Å²) in [5, 5.41) is 13.8. The highest BCUT2D eigenvalue weighted by molar-refractivity contribution is 7.15. The van der Waals surface area contributed by atoms with Crippen molar-refractivity contribution in [2.75, 3.05) is 18.4 Å².